The Kier molecular flexibility index (Phi) is 4.56. The average Bonchev–Trinajstić information content (AvgIpc) is 3.22. The molecule has 0 atom stereocenters. The highest BCUT2D eigenvalue weighted by Gasteiger charge is 2.13. The van der Waals surface area contributed by atoms with E-state index in [1.54, 1.807) is 6.07 Å². The summed E-state index contributed by atoms with van der Waals surface area (Å²) in [5, 5.41) is 9.71. The molecule has 2 heterocycles. The lowest BCUT2D eigenvalue weighted by Gasteiger charge is -2.11. The van der Waals surface area contributed by atoms with Crippen LogP contribution in [0.25, 0.3) is 28.4 Å². The molecular formula is C24H21FN4. The second-order valence-electron chi connectivity index (χ2n) is 7.35. The molecular weight excluding hydrogens is 363 g/mol. The Morgan fingerprint density at radius 1 is 1.07 bits per heavy atom. The molecule has 0 unspecified atom stereocenters. The Hall–Kier alpha value is -3.65. The van der Waals surface area contributed by atoms with Crippen molar-refractivity contribution in [2.45, 2.75) is 27.7 Å². The molecule has 0 spiro atoms. The van der Waals surface area contributed by atoms with E-state index in [1.165, 1.54) is 23.3 Å². The number of imidazole rings is 1. The zero-order valence-electron chi connectivity index (χ0n) is 16.8. The number of hydrogen-bond donors (Lipinski definition) is 1. The SMILES string of the molecule is Cc1ccc(-n2c(C)cc(/C=C(/C#N)c3nc4ccc(F)cc4[nH]3)c2C)cc1C. The van der Waals surface area contributed by atoms with Crippen molar-refractivity contribution in [3.8, 4) is 11.8 Å². The van der Waals surface area contributed by atoms with E-state index in [0.29, 0.717) is 22.4 Å². The third-order valence-corrected chi connectivity index (χ3v) is 5.34. The highest BCUT2D eigenvalue weighted by molar-refractivity contribution is 5.90. The molecule has 0 radical (unpaired) electrons. The normalized spacial score (nSPS) is 11.8. The number of nitrogens with zero attached hydrogens (tertiary/aromatic N) is 3. The molecule has 4 rings (SSSR count). The average molecular weight is 384 g/mol. The number of allylic oxidation sites excluding steroid dienone is 1. The predicted octanol–water partition coefficient (Wildman–Crippen LogP) is 5.79. The Morgan fingerprint density at radius 2 is 1.86 bits per heavy atom. The summed E-state index contributed by atoms with van der Waals surface area (Å²) >= 11 is 0. The second-order valence-corrected chi connectivity index (χ2v) is 7.35. The Morgan fingerprint density at radius 3 is 2.59 bits per heavy atom. The number of H-pyrrole nitrogens is 1. The molecule has 2 aromatic heterocycles. The maximum Gasteiger partial charge on any atom is 0.149 e. The fraction of sp³-hybridized carbons (Fsp3) is 0.167. The predicted molar refractivity (Wildman–Crippen MR) is 114 cm³/mol. The number of halogens is 1. The first-order valence-electron chi connectivity index (χ1n) is 9.41. The van der Waals surface area contributed by atoms with E-state index in [1.807, 2.05) is 13.0 Å². The quantitative estimate of drug-likeness (QED) is 0.455. The van der Waals surface area contributed by atoms with Crippen LogP contribution in [0.4, 0.5) is 4.39 Å². The van der Waals surface area contributed by atoms with Gasteiger partial charge in [-0.15, -0.1) is 0 Å². The van der Waals surface area contributed by atoms with Gasteiger partial charge < -0.3 is 9.55 Å². The molecule has 29 heavy (non-hydrogen) atoms. The standard InChI is InChI=1S/C24H21FN4/c1-14-5-7-21(9-15(14)2)29-16(3)10-18(17(29)4)11-19(13-26)24-27-22-8-6-20(25)12-23(22)28-24/h5-12H,1-4H3,(H,27,28)/b19-11-. The first-order valence-corrected chi connectivity index (χ1v) is 9.41. The van der Waals surface area contributed by atoms with Crippen LogP contribution in [0.3, 0.4) is 0 Å². The largest absolute Gasteiger partial charge is 0.337 e. The highest BCUT2D eigenvalue weighted by atomic mass is 19.1. The van der Waals surface area contributed by atoms with Gasteiger partial charge in [0.25, 0.3) is 0 Å². The lowest BCUT2D eigenvalue weighted by atomic mass is 10.1. The number of benzene rings is 2. The fourth-order valence-electron chi connectivity index (χ4n) is 3.61. The van der Waals surface area contributed by atoms with Crippen molar-refractivity contribution in [3.05, 3.63) is 82.2 Å². The number of aromatic amines is 1. The van der Waals surface area contributed by atoms with Crippen LogP contribution in [0.5, 0.6) is 0 Å². The van der Waals surface area contributed by atoms with E-state index in [0.717, 1.165) is 22.6 Å². The van der Waals surface area contributed by atoms with Crippen LogP contribution >= 0.6 is 0 Å². The first-order chi connectivity index (χ1) is 13.9. The first kappa shape index (κ1) is 18.7. The monoisotopic (exact) mass is 384 g/mol. The van der Waals surface area contributed by atoms with Gasteiger partial charge in [-0.25, -0.2) is 9.37 Å². The summed E-state index contributed by atoms with van der Waals surface area (Å²) in [6.07, 6.45) is 1.83. The summed E-state index contributed by atoms with van der Waals surface area (Å²) in [6, 6.07) is 15.0. The van der Waals surface area contributed by atoms with Crippen molar-refractivity contribution < 1.29 is 4.39 Å². The Balaban J connectivity index is 1.80. The van der Waals surface area contributed by atoms with Gasteiger partial charge in [-0.05, 0) is 86.9 Å². The second kappa shape index (κ2) is 7.06. The van der Waals surface area contributed by atoms with Crippen LogP contribution in [0.15, 0.2) is 42.5 Å². The van der Waals surface area contributed by atoms with E-state index in [2.05, 4.69) is 65.6 Å². The minimum Gasteiger partial charge on any atom is -0.337 e. The maximum atomic E-state index is 13.5. The molecule has 2 aromatic carbocycles. The van der Waals surface area contributed by atoms with Gasteiger partial charge >= 0.3 is 0 Å². The number of rotatable bonds is 3. The van der Waals surface area contributed by atoms with Gasteiger partial charge in [0.15, 0.2) is 0 Å². The molecule has 0 aliphatic rings. The van der Waals surface area contributed by atoms with E-state index in [9.17, 15) is 9.65 Å². The topological polar surface area (TPSA) is 57.4 Å². The number of nitrogens with one attached hydrogen (secondary N) is 1. The van der Waals surface area contributed by atoms with E-state index in [-0.39, 0.29) is 5.82 Å². The molecule has 0 bridgehead atoms. The molecule has 0 amide bonds. The van der Waals surface area contributed by atoms with Crippen molar-refractivity contribution in [3.63, 3.8) is 0 Å². The Bertz CT molecular complexity index is 1310. The molecule has 1 N–H and O–H groups in total. The lowest BCUT2D eigenvalue weighted by Crippen LogP contribution is -2.00. The van der Waals surface area contributed by atoms with Crippen LogP contribution < -0.4 is 0 Å². The molecule has 0 aliphatic carbocycles. The number of fused-ring (bicyclic) bond motifs is 1. The van der Waals surface area contributed by atoms with Gasteiger partial charge in [-0.3, -0.25) is 0 Å². The summed E-state index contributed by atoms with van der Waals surface area (Å²) in [6.45, 7) is 8.29. The van der Waals surface area contributed by atoms with Crippen molar-refractivity contribution in [1.29, 1.82) is 5.26 Å². The van der Waals surface area contributed by atoms with Crippen molar-refractivity contribution in [2.75, 3.05) is 0 Å². The molecule has 5 heteroatoms. The minimum absolute atomic E-state index is 0.341. The van der Waals surface area contributed by atoms with Crippen LogP contribution in [-0.4, -0.2) is 14.5 Å². The van der Waals surface area contributed by atoms with Crippen LogP contribution in [-0.2, 0) is 0 Å². The van der Waals surface area contributed by atoms with E-state index >= 15 is 0 Å². The van der Waals surface area contributed by atoms with Gasteiger partial charge in [0, 0.05) is 17.1 Å². The summed E-state index contributed by atoms with van der Waals surface area (Å²) in [4.78, 5) is 7.48. The minimum atomic E-state index is -0.341. The van der Waals surface area contributed by atoms with Crippen LogP contribution in [0.1, 0.15) is 33.9 Å². The highest BCUT2D eigenvalue weighted by Crippen LogP contribution is 2.26. The van der Waals surface area contributed by atoms with Crippen molar-refractivity contribution >= 4 is 22.7 Å². The van der Waals surface area contributed by atoms with Crippen molar-refractivity contribution in [2.24, 2.45) is 0 Å². The summed E-state index contributed by atoms with van der Waals surface area (Å²) in [5.41, 5.74) is 8.27. The third-order valence-electron chi connectivity index (χ3n) is 5.34. The number of hydrogen-bond acceptors (Lipinski definition) is 2. The summed E-state index contributed by atoms with van der Waals surface area (Å²) in [7, 11) is 0. The molecule has 0 fully saturated rings. The molecule has 0 saturated carbocycles. The number of nitriles is 1. The molecule has 4 nitrogen and oxygen atoms in total. The smallest absolute Gasteiger partial charge is 0.149 e. The third kappa shape index (κ3) is 3.34. The number of aryl methyl sites for hydroxylation is 3. The summed E-state index contributed by atoms with van der Waals surface area (Å²) < 4.78 is 15.6. The van der Waals surface area contributed by atoms with Crippen molar-refractivity contribution in [1.82, 2.24) is 14.5 Å². The van der Waals surface area contributed by atoms with E-state index in [4.69, 9.17) is 0 Å². The lowest BCUT2D eigenvalue weighted by molar-refractivity contribution is 0.629. The zero-order chi connectivity index (χ0) is 20.7. The van der Waals surface area contributed by atoms with E-state index < -0.39 is 0 Å². The maximum absolute atomic E-state index is 13.5. The van der Waals surface area contributed by atoms with Gasteiger partial charge in [-0.2, -0.15) is 5.26 Å². The molecule has 0 saturated heterocycles. The van der Waals surface area contributed by atoms with Gasteiger partial charge in [0.05, 0.1) is 16.6 Å². The van der Waals surface area contributed by atoms with Gasteiger partial charge in [0.2, 0.25) is 0 Å². The molecule has 144 valence electrons. The fourth-order valence-corrected chi connectivity index (χ4v) is 3.61. The summed E-state index contributed by atoms with van der Waals surface area (Å²) in [5.74, 6) is 0.0937. The molecule has 0 aliphatic heterocycles. The Labute approximate surface area is 168 Å². The van der Waals surface area contributed by atoms with Crippen LogP contribution in [0.2, 0.25) is 0 Å². The zero-order valence-corrected chi connectivity index (χ0v) is 16.8. The van der Waals surface area contributed by atoms with Crippen LogP contribution in [0, 0.1) is 44.8 Å². The van der Waals surface area contributed by atoms with Gasteiger partial charge in [-0.1, -0.05) is 6.07 Å². The molecule has 4 aromatic rings. The number of aromatic nitrogens is 3. The van der Waals surface area contributed by atoms with Gasteiger partial charge in [0.1, 0.15) is 17.7 Å².